The van der Waals surface area contributed by atoms with E-state index in [1.165, 1.54) is 30.3 Å². The number of nitrogens with one attached hydrogen (secondary N) is 1. The summed E-state index contributed by atoms with van der Waals surface area (Å²) in [5.41, 5.74) is 0.153. The van der Waals surface area contributed by atoms with E-state index in [1.54, 1.807) is 19.3 Å². The summed E-state index contributed by atoms with van der Waals surface area (Å²) in [6.45, 7) is 1.78. The number of benzene rings is 1. The molecule has 6 nitrogen and oxygen atoms in total. The number of carbonyl (C=O) groups excluding carboxylic acids is 1. The maximum Gasteiger partial charge on any atom is 0.237 e. The van der Waals surface area contributed by atoms with Gasteiger partial charge in [-0.3, -0.25) is 9.36 Å². The van der Waals surface area contributed by atoms with Crippen molar-refractivity contribution in [1.29, 1.82) is 0 Å². The normalized spacial score (nSPS) is 15.8. The SMILES string of the molecule is CC(Sc1nnc(-c2ccco2)n1C1CCCCC1)C(=O)Nc1ccc(Br)cc1F. The third-order valence-corrected chi connectivity index (χ3v) is 6.74. The van der Waals surface area contributed by atoms with Crippen molar-refractivity contribution in [3.63, 3.8) is 0 Å². The summed E-state index contributed by atoms with van der Waals surface area (Å²) in [6.07, 6.45) is 7.25. The largest absolute Gasteiger partial charge is 0.461 e. The minimum absolute atomic E-state index is 0.153. The van der Waals surface area contributed by atoms with E-state index in [0.717, 1.165) is 25.7 Å². The predicted octanol–water partition coefficient (Wildman–Crippen LogP) is 6.06. The molecule has 0 spiro atoms. The second kappa shape index (κ2) is 9.34. The molecule has 9 heteroatoms. The molecule has 158 valence electrons. The summed E-state index contributed by atoms with van der Waals surface area (Å²) >= 11 is 4.54. The number of halogens is 2. The minimum Gasteiger partial charge on any atom is -0.461 e. The molecule has 0 radical (unpaired) electrons. The van der Waals surface area contributed by atoms with Crippen LogP contribution in [0.1, 0.15) is 45.1 Å². The molecule has 1 atom stereocenters. The van der Waals surface area contributed by atoms with Gasteiger partial charge in [0, 0.05) is 10.5 Å². The third-order valence-electron chi connectivity index (χ3n) is 5.19. The van der Waals surface area contributed by atoms with Crippen molar-refractivity contribution < 1.29 is 13.6 Å². The van der Waals surface area contributed by atoms with Crippen LogP contribution in [0.4, 0.5) is 10.1 Å². The topological polar surface area (TPSA) is 73.0 Å². The Morgan fingerprint density at radius 2 is 2.10 bits per heavy atom. The standard InChI is InChI=1S/C21H22BrFN4O2S/c1-13(20(28)24-17-10-9-14(22)12-16(17)23)30-21-26-25-19(18-8-5-11-29-18)27(21)15-6-3-2-4-7-15/h5,8-13,15H,2-4,6-7H2,1H3,(H,24,28). The Morgan fingerprint density at radius 1 is 1.30 bits per heavy atom. The van der Waals surface area contributed by atoms with E-state index in [1.807, 2.05) is 12.1 Å². The molecule has 2 heterocycles. The summed E-state index contributed by atoms with van der Waals surface area (Å²) in [7, 11) is 0. The zero-order valence-electron chi connectivity index (χ0n) is 16.5. The lowest BCUT2D eigenvalue weighted by atomic mass is 9.95. The van der Waals surface area contributed by atoms with E-state index >= 15 is 0 Å². The number of nitrogens with zero attached hydrogens (tertiary/aromatic N) is 3. The molecule has 1 unspecified atom stereocenters. The first-order valence-electron chi connectivity index (χ1n) is 9.94. The smallest absolute Gasteiger partial charge is 0.237 e. The molecule has 1 amide bonds. The van der Waals surface area contributed by atoms with Crippen LogP contribution in [0.2, 0.25) is 0 Å². The molecule has 0 bridgehead atoms. The lowest BCUT2D eigenvalue weighted by molar-refractivity contribution is -0.115. The van der Waals surface area contributed by atoms with Crippen LogP contribution in [0.25, 0.3) is 11.6 Å². The van der Waals surface area contributed by atoms with Gasteiger partial charge < -0.3 is 9.73 Å². The molecular formula is C21H22BrFN4O2S. The summed E-state index contributed by atoms with van der Waals surface area (Å²) in [6, 6.07) is 8.51. The van der Waals surface area contributed by atoms with Gasteiger partial charge in [-0.25, -0.2) is 4.39 Å². The number of anilines is 1. The highest BCUT2D eigenvalue weighted by Gasteiger charge is 2.27. The maximum atomic E-state index is 14.1. The molecule has 0 aliphatic heterocycles. The Labute approximate surface area is 186 Å². The van der Waals surface area contributed by atoms with Crippen molar-refractivity contribution in [2.24, 2.45) is 0 Å². The fourth-order valence-electron chi connectivity index (χ4n) is 3.64. The van der Waals surface area contributed by atoms with E-state index in [4.69, 9.17) is 4.42 Å². The van der Waals surface area contributed by atoms with Crippen LogP contribution < -0.4 is 5.32 Å². The van der Waals surface area contributed by atoms with Crippen LogP contribution in [0.15, 0.2) is 50.6 Å². The van der Waals surface area contributed by atoms with Crippen LogP contribution >= 0.6 is 27.7 Å². The molecule has 1 fully saturated rings. The third kappa shape index (κ3) is 4.62. The number of furan rings is 1. The molecule has 3 aromatic rings. The molecule has 2 aromatic heterocycles. The lowest BCUT2D eigenvalue weighted by Gasteiger charge is -2.25. The maximum absolute atomic E-state index is 14.1. The van der Waals surface area contributed by atoms with Crippen molar-refractivity contribution >= 4 is 39.3 Å². The Hall–Kier alpha value is -2.13. The van der Waals surface area contributed by atoms with Crippen LogP contribution in [-0.4, -0.2) is 25.9 Å². The number of rotatable bonds is 6. The minimum atomic E-state index is -0.486. The second-order valence-electron chi connectivity index (χ2n) is 7.32. The van der Waals surface area contributed by atoms with Crippen LogP contribution in [-0.2, 0) is 4.79 Å². The van der Waals surface area contributed by atoms with Gasteiger partial charge in [-0.05, 0) is 50.1 Å². The van der Waals surface area contributed by atoms with Gasteiger partial charge in [-0.1, -0.05) is 47.0 Å². The first-order chi connectivity index (χ1) is 14.5. The van der Waals surface area contributed by atoms with E-state index < -0.39 is 11.1 Å². The van der Waals surface area contributed by atoms with Gasteiger partial charge in [-0.2, -0.15) is 0 Å². The molecule has 4 rings (SSSR count). The van der Waals surface area contributed by atoms with E-state index in [-0.39, 0.29) is 17.6 Å². The van der Waals surface area contributed by atoms with Gasteiger partial charge in [0.15, 0.2) is 10.9 Å². The highest BCUT2D eigenvalue weighted by molar-refractivity contribution is 9.10. The number of hydrogen-bond donors (Lipinski definition) is 1. The van der Waals surface area contributed by atoms with Gasteiger partial charge in [0.05, 0.1) is 17.2 Å². The van der Waals surface area contributed by atoms with Crippen LogP contribution in [0, 0.1) is 5.82 Å². The quantitative estimate of drug-likeness (QED) is 0.423. The lowest BCUT2D eigenvalue weighted by Crippen LogP contribution is -2.24. The number of amides is 1. The Bertz CT molecular complexity index is 1020. The monoisotopic (exact) mass is 492 g/mol. The molecule has 0 saturated heterocycles. The second-order valence-corrected chi connectivity index (χ2v) is 9.54. The molecule has 1 N–H and O–H groups in total. The molecule has 1 aromatic carbocycles. The van der Waals surface area contributed by atoms with Crippen molar-refractivity contribution in [2.45, 2.75) is 55.5 Å². The summed E-state index contributed by atoms with van der Waals surface area (Å²) in [5.74, 6) is 0.564. The highest BCUT2D eigenvalue weighted by atomic mass is 79.9. The Balaban J connectivity index is 1.55. The molecule has 1 aliphatic carbocycles. The van der Waals surface area contributed by atoms with E-state index in [2.05, 4.69) is 36.0 Å². The van der Waals surface area contributed by atoms with Crippen LogP contribution in [0.5, 0.6) is 0 Å². The van der Waals surface area contributed by atoms with E-state index in [9.17, 15) is 9.18 Å². The van der Waals surface area contributed by atoms with Crippen molar-refractivity contribution in [2.75, 3.05) is 5.32 Å². The van der Waals surface area contributed by atoms with Crippen molar-refractivity contribution in [1.82, 2.24) is 14.8 Å². The first-order valence-corrected chi connectivity index (χ1v) is 11.6. The molecule has 1 saturated carbocycles. The zero-order chi connectivity index (χ0) is 21.1. The van der Waals surface area contributed by atoms with Gasteiger partial charge in [0.2, 0.25) is 11.7 Å². The molecular weight excluding hydrogens is 471 g/mol. The number of carbonyl (C=O) groups is 1. The molecule has 30 heavy (non-hydrogen) atoms. The number of hydrogen-bond acceptors (Lipinski definition) is 5. The Kier molecular flexibility index (Phi) is 6.58. The average Bonchev–Trinajstić information content (AvgIpc) is 3.40. The van der Waals surface area contributed by atoms with Crippen molar-refractivity contribution in [3.05, 3.63) is 46.9 Å². The number of aromatic nitrogens is 3. The predicted molar refractivity (Wildman–Crippen MR) is 118 cm³/mol. The van der Waals surface area contributed by atoms with Crippen molar-refractivity contribution in [3.8, 4) is 11.6 Å². The van der Waals surface area contributed by atoms with Gasteiger partial charge in [-0.15, -0.1) is 10.2 Å². The average molecular weight is 493 g/mol. The zero-order valence-corrected chi connectivity index (χ0v) is 18.9. The van der Waals surface area contributed by atoms with E-state index in [0.29, 0.717) is 21.2 Å². The summed E-state index contributed by atoms with van der Waals surface area (Å²) in [5, 5.41) is 11.6. The fourth-order valence-corrected chi connectivity index (χ4v) is 4.89. The van der Waals surface area contributed by atoms with Gasteiger partial charge in [0.25, 0.3) is 0 Å². The Morgan fingerprint density at radius 3 is 2.80 bits per heavy atom. The van der Waals surface area contributed by atoms with Gasteiger partial charge in [0.1, 0.15) is 5.82 Å². The fraction of sp³-hybridized carbons (Fsp3) is 0.381. The summed E-state index contributed by atoms with van der Waals surface area (Å²) < 4.78 is 22.4. The number of thioether (sulfide) groups is 1. The molecule has 1 aliphatic rings. The summed E-state index contributed by atoms with van der Waals surface area (Å²) in [4.78, 5) is 12.7. The highest BCUT2D eigenvalue weighted by Crippen LogP contribution is 2.37. The van der Waals surface area contributed by atoms with Gasteiger partial charge >= 0.3 is 0 Å². The van der Waals surface area contributed by atoms with Crippen LogP contribution in [0.3, 0.4) is 0 Å². The first kappa shape index (κ1) is 21.1.